The molecule has 2 N–H and O–H groups in total. The van der Waals surface area contributed by atoms with Gasteiger partial charge in [0, 0.05) is 37.1 Å². The van der Waals surface area contributed by atoms with Crippen molar-refractivity contribution < 1.29 is 33.8 Å². The van der Waals surface area contributed by atoms with Gasteiger partial charge in [0.25, 0.3) is 0 Å². The van der Waals surface area contributed by atoms with Crippen LogP contribution >= 0.6 is 15.9 Å². The van der Waals surface area contributed by atoms with Gasteiger partial charge in [-0.05, 0) is 32.3 Å². The number of carbonyl (C=O) groups is 4. The second-order valence-corrected chi connectivity index (χ2v) is 11.4. The Morgan fingerprint density at radius 2 is 1.92 bits per heavy atom. The minimum atomic E-state index is -1.31. The molecule has 38 heavy (non-hydrogen) atoms. The number of nitrogens with one attached hydrogen (secondary N) is 1. The summed E-state index contributed by atoms with van der Waals surface area (Å²) in [5.41, 5.74) is -1.31. The first-order chi connectivity index (χ1) is 18.2. The molecule has 2 fully saturated rings. The number of nitrogens with zero attached hydrogens (tertiary/aromatic N) is 2. The van der Waals surface area contributed by atoms with E-state index in [0.717, 1.165) is 19.3 Å². The number of fused-ring (bicyclic) bond motifs is 2. The van der Waals surface area contributed by atoms with Crippen LogP contribution in [0.5, 0.6) is 0 Å². The first-order valence-corrected chi connectivity index (χ1v) is 14.4. The standard InChI is InChI=1S/C27H38BrN3O7/c1-3-4-7-11-30-12-8-5-6-10-19(33)29-16-17(2)37-26(36)20-21-24(34)31(13-9-14-32)23(25(30)35)27(21)15-18(28)22(20)38-27/h5,8,15,17,20-23,32H,3-4,6-7,9-14,16H2,1-2H3,(H,29,33)/b8-5-/t17-,20+,21-,22+,23+,27-/m1/s1. The molecule has 0 unspecified atom stereocenters. The molecule has 3 amide bonds. The largest absolute Gasteiger partial charge is 0.460 e. The van der Waals surface area contributed by atoms with Crippen molar-refractivity contribution >= 4 is 39.6 Å². The summed E-state index contributed by atoms with van der Waals surface area (Å²) in [5, 5.41) is 12.3. The summed E-state index contributed by atoms with van der Waals surface area (Å²) in [5.74, 6) is -3.19. The second kappa shape index (κ2) is 12.3. The van der Waals surface area contributed by atoms with Crippen molar-refractivity contribution in [1.29, 1.82) is 0 Å². The van der Waals surface area contributed by atoms with E-state index in [-0.39, 0.29) is 43.8 Å². The SMILES string of the molecule is CCCCCN1C/C=C\CCC(=O)NC[C@@H](C)OC(=O)[C@@H]2[C@H]3O[C@@]4(C=C3Br)[C@H](C1=O)N(CCCO)C(=O)[C@@H]24. The van der Waals surface area contributed by atoms with Gasteiger partial charge in [-0.25, -0.2) is 0 Å². The smallest absolute Gasteiger partial charge is 0.313 e. The Morgan fingerprint density at radius 3 is 2.66 bits per heavy atom. The number of ether oxygens (including phenoxy) is 2. The molecule has 4 heterocycles. The number of carbonyl (C=O) groups excluding carboxylic acids is 4. The van der Waals surface area contributed by atoms with E-state index < -0.39 is 41.7 Å². The summed E-state index contributed by atoms with van der Waals surface area (Å²) >= 11 is 3.52. The van der Waals surface area contributed by atoms with Gasteiger partial charge in [0.1, 0.15) is 29.8 Å². The van der Waals surface area contributed by atoms with Gasteiger partial charge in [0.2, 0.25) is 17.7 Å². The minimum absolute atomic E-state index is 0.136. The number of aliphatic hydroxyl groups is 1. The van der Waals surface area contributed by atoms with Gasteiger partial charge in [0.05, 0.1) is 12.5 Å². The van der Waals surface area contributed by atoms with Gasteiger partial charge >= 0.3 is 5.97 Å². The molecule has 0 aromatic carbocycles. The normalized spacial score (nSPS) is 34.7. The van der Waals surface area contributed by atoms with Crippen LogP contribution in [-0.4, -0.2) is 95.2 Å². The highest BCUT2D eigenvalue weighted by Gasteiger charge is 2.74. The molecule has 210 valence electrons. The molecule has 2 saturated heterocycles. The number of esters is 1. The lowest BCUT2D eigenvalue weighted by Gasteiger charge is -2.36. The first-order valence-electron chi connectivity index (χ1n) is 13.6. The maximum absolute atomic E-state index is 14.3. The fourth-order valence-electron chi connectivity index (χ4n) is 5.96. The molecule has 0 aromatic heterocycles. The van der Waals surface area contributed by atoms with Crippen molar-refractivity contribution in [2.45, 2.75) is 76.2 Å². The van der Waals surface area contributed by atoms with Crippen LogP contribution in [0.3, 0.4) is 0 Å². The highest BCUT2D eigenvalue weighted by molar-refractivity contribution is 9.11. The van der Waals surface area contributed by atoms with E-state index in [2.05, 4.69) is 28.2 Å². The summed E-state index contributed by atoms with van der Waals surface area (Å²) in [4.78, 5) is 57.1. The summed E-state index contributed by atoms with van der Waals surface area (Å²) < 4.78 is 12.7. The highest BCUT2D eigenvalue weighted by atomic mass is 79.9. The molecule has 1 spiro atoms. The Balaban J connectivity index is 1.75. The van der Waals surface area contributed by atoms with E-state index in [4.69, 9.17) is 9.47 Å². The minimum Gasteiger partial charge on any atom is -0.460 e. The molecular formula is C27H38BrN3O7. The van der Waals surface area contributed by atoms with Gasteiger partial charge in [-0.3, -0.25) is 19.2 Å². The summed E-state index contributed by atoms with van der Waals surface area (Å²) in [7, 11) is 0. The lowest BCUT2D eigenvalue weighted by Crippen LogP contribution is -2.56. The van der Waals surface area contributed by atoms with E-state index in [9.17, 15) is 24.3 Å². The van der Waals surface area contributed by atoms with Crippen molar-refractivity contribution in [2.75, 3.05) is 32.8 Å². The van der Waals surface area contributed by atoms with Gasteiger partial charge in [-0.2, -0.15) is 0 Å². The molecule has 0 saturated carbocycles. The van der Waals surface area contributed by atoms with E-state index in [1.165, 1.54) is 4.90 Å². The number of unbranched alkanes of at least 4 members (excludes halogenated alkanes) is 2. The highest BCUT2D eigenvalue weighted by Crippen LogP contribution is 2.58. The first kappa shape index (κ1) is 28.8. The Morgan fingerprint density at radius 1 is 1.13 bits per heavy atom. The van der Waals surface area contributed by atoms with Crippen LogP contribution in [0.4, 0.5) is 0 Å². The van der Waals surface area contributed by atoms with Crippen LogP contribution in [0.2, 0.25) is 0 Å². The Labute approximate surface area is 231 Å². The van der Waals surface area contributed by atoms with Gasteiger partial charge in [0.15, 0.2) is 0 Å². The average molecular weight is 597 g/mol. The number of hydrogen-bond donors (Lipinski definition) is 2. The van der Waals surface area contributed by atoms with E-state index in [1.807, 2.05) is 12.2 Å². The van der Waals surface area contributed by atoms with Crippen LogP contribution in [0.1, 0.15) is 52.4 Å². The summed E-state index contributed by atoms with van der Waals surface area (Å²) in [6, 6.07) is -0.965. The quantitative estimate of drug-likeness (QED) is 0.260. The van der Waals surface area contributed by atoms with Crippen molar-refractivity contribution in [3.05, 3.63) is 22.7 Å². The van der Waals surface area contributed by atoms with E-state index in [1.54, 1.807) is 17.9 Å². The predicted molar refractivity (Wildman–Crippen MR) is 142 cm³/mol. The van der Waals surface area contributed by atoms with Crippen LogP contribution < -0.4 is 5.32 Å². The van der Waals surface area contributed by atoms with Crippen LogP contribution in [-0.2, 0) is 28.7 Å². The summed E-state index contributed by atoms with van der Waals surface area (Å²) in [6.07, 6.45) is 8.06. The lowest BCUT2D eigenvalue weighted by atomic mass is 9.74. The molecule has 11 heteroatoms. The van der Waals surface area contributed by atoms with Crippen LogP contribution in [0.15, 0.2) is 22.7 Å². The predicted octanol–water partition coefficient (Wildman–Crippen LogP) is 1.66. The third-order valence-electron chi connectivity index (χ3n) is 7.77. The Kier molecular flexibility index (Phi) is 9.31. The van der Waals surface area contributed by atoms with Crippen molar-refractivity contribution in [2.24, 2.45) is 11.8 Å². The molecule has 4 aliphatic rings. The third-order valence-corrected chi connectivity index (χ3v) is 8.45. The number of hydrogen-bond acceptors (Lipinski definition) is 7. The third kappa shape index (κ3) is 5.42. The molecule has 10 nitrogen and oxygen atoms in total. The Bertz CT molecular complexity index is 1000. The van der Waals surface area contributed by atoms with Gasteiger partial charge < -0.3 is 29.7 Å². The van der Waals surface area contributed by atoms with Crippen LogP contribution in [0.25, 0.3) is 0 Å². The Hall–Kier alpha value is -2.24. The second-order valence-electron chi connectivity index (χ2n) is 10.5. The number of likely N-dealkylation sites (tertiary alicyclic amines) is 1. The van der Waals surface area contributed by atoms with Crippen molar-refractivity contribution in [1.82, 2.24) is 15.1 Å². The zero-order valence-electron chi connectivity index (χ0n) is 22.1. The van der Waals surface area contributed by atoms with Crippen molar-refractivity contribution in [3.8, 4) is 0 Å². The number of allylic oxidation sites excluding steroid dienone is 1. The number of aliphatic hydroxyl groups excluding tert-OH is 1. The van der Waals surface area contributed by atoms with E-state index in [0.29, 0.717) is 30.4 Å². The zero-order valence-corrected chi connectivity index (χ0v) is 23.7. The fraction of sp³-hybridized carbons (Fsp3) is 0.704. The monoisotopic (exact) mass is 595 g/mol. The molecule has 5 bridgehead atoms. The molecule has 6 atom stereocenters. The average Bonchev–Trinajstić information content (AvgIpc) is 3.47. The summed E-state index contributed by atoms with van der Waals surface area (Å²) in [6.45, 7) is 4.81. The molecule has 0 aliphatic carbocycles. The molecule has 4 rings (SSSR count). The molecule has 0 aromatic rings. The number of halogens is 1. The maximum Gasteiger partial charge on any atom is 0.313 e. The molecular weight excluding hydrogens is 558 g/mol. The number of cyclic esters (lactones) is 1. The molecule has 0 radical (unpaired) electrons. The fourth-order valence-corrected chi connectivity index (χ4v) is 6.70. The number of amides is 3. The molecule has 4 aliphatic heterocycles. The zero-order chi connectivity index (χ0) is 27.4. The topological polar surface area (TPSA) is 125 Å². The lowest BCUT2D eigenvalue weighted by molar-refractivity contribution is -0.158. The van der Waals surface area contributed by atoms with Crippen LogP contribution in [0, 0.1) is 11.8 Å². The van der Waals surface area contributed by atoms with Gasteiger partial charge in [-0.1, -0.05) is 47.8 Å². The maximum atomic E-state index is 14.3. The van der Waals surface area contributed by atoms with Gasteiger partial charge in [-0.15, -0.1) is 0 Å². The van der Waals surface area contributed by atoms with E-state index >= 15 is 0 Å². The number of rotatable bonds is 7. The van der Waals surface area contributed by atoms with Crippen molar-refractivity contribution in [3.63, 3.8) is 0 Å².